The Morgan fingerprint density at radius 3 is 3.07 bits per heavy atom. The van der Waals surface area contributed by atoms with Crippen LogP contribution in [0.15, 0.2) is 4.79 Å². The van der Waals surface area contributed by atoms with E-state index in [2.05, 4.69) is 22.2 Å². The van der Waals surface area contributed by atoms with Gasteiger partial charge >= 0.3 is 0 Å². The average molecular weight is 195 g/mol. The fourth-order valence-corrected chi connectivity index (χ4v) is 1.49. The monoisotopic (exact) mass is 195 g/mol. The van der Waals surface area contributed by atoms with Gasteiger partial charge in [-0.15, -0.1) is 0 Å². The lowest BCUT2D eigenvalue weighted by atomic mass is 10.2. The van der Waals surface area contributed by atoms with Gasteiger partial charge in [-0.2, -0.15) is 4.98 Å². The van der Waals surface area contributed by atoms with Crippen LogP contribution in [0.5, 0.6) is 0 Å². The predicted octanol–water partition coefficient (Wildman–Crippen LogP) is -0.398. The number of nitrogens with two attached hydrogens (primary N) is 1. The second-order valence-corrected chi connectivity index (χ2v) is 3.49. The van der Waals surface area contributed by atoms with Crippen molar-refractivity contribution in [1.29, 1.82) is 0 Å². The van der Waals surface area contributed by atoms with Crippen LogP contribution in [0, 0.1) is 0 Å². The number of nitrogen functional groups attached to an aromatic ring is 1. The molecule has 0 radical (unpaired) electrons. The molecule has 0 saturated heterocycles. The Labute approximate surface area is 81.1 Å². The van der Waals surface area contributed by atoms with Crippen molar-refractivity contribution in [2.75, 3.05) is 29.5 Å². The van der Waals surface area contributed by atoms with E-state index in [1.54, 1.807) is 0 Å². The van der Waals surface area contributed by atoms with Crippen LogP contribution >= 0.6 is 0 Å². The van der Waals surface area contributed by atoms with Gasteiger partial charge in [0.2, 0.25) is 5.95 Å². The molecule has 0 aromatic carbocycles. The molecule has 2 rings (SSSR count). The van der Waals surface area contributed by atoms with E-state index in [4.69, 9.17) is 5.73 Å². The highest BCUT2D eigenvalue weighted by Gasteiger charge is 2.23. The number of anilines is 3. The molecule has 0 bridgehead atoms. The van der Waals surface area contributed by atoms with Crippen LogP contribution in [0.25, 0.3) is 0 Å². The van der Waals surface area contributed by atoms with Crippen LogP contribution in [0.4, 0.5) is 17.5 Å². The number of hydrogen-bond donors (Lipinski definition) is 3. The number of fused-ring (bicyclic) bond motifs is 1. The van der Waals surface area contributed by atoms with Gasteiger partial charge in [0.15, 0.2) is 5.82 Å². The number of H-pyrrole nitrogens is 1. The molecule has 0 saturated carbocycles. The number of hydrogen-bond acceptors (Lipinski definition) is 5. The summed E-state index contributed by atoms with van der Waals surface area (Å²) in [6, 6.07) is 0.302. The lowest BCUT2D eigenvalue weighted by Gasteiger charge is -2.32. The highest BCUT2D eigenvalue weighted by Crippen LogP contribution is 2.24. The number of likely N-dealkylation sites (N-methyl/N-ethyl adjacent to an activating group) is 1. The zero-order chi connectivity index (χ0) is 10.3. The number of aromatic amines is 1. The van der Waals surface area contributed by atoms with Crippen LogP contribution in [0.2, 0.25) is 0 Å². The maximum absolute atomic E-state index is 11.5. The fourth-order valence-electron chi connectivity index (χ4n) is 1.49. The lowest BCUT2D eigenvalue weighted by Crippen LogP contribution is -2.42. The zero-order valence-electron chi connectivity index (χ0n) is 8.16. The van der Waals surface area contributed by atoms with E-state index in [0.29, 0.717) is 17.5 Å². The first kappa shape index (κ1) is 8.86. The molecule has 0 fully saturated rings. The summed E-state index contributed by atoms with van der Waals surface area (Å²) in [5, 5.41) is 3.03. The van der Waals surface area contributed by atoms with Crippen LogP contribution in [-0.4, -0.2) is 29.6 Å². The van der Waals surface area contributed by atoms with E-state index in [0.717, 1.165) is 6.54 Å². The van der Waals surface area contributed by atoms with E-state index >= 15 is 0 Å². The van der Waals surface area contributed by atoms with Gasteiger partial charge in [0.1, 0.15) is 5.69 Å². The molecule has 2 heterocycles. The third-order valence-electron chi connectivity index (χ3n) is 2.49. The number of nitrogens with zero attached hydrogens (tertiary/aromatic N) is 2. The van der Waals surface area contributed by atoms with E-state index in [-0.39, 0.29) is 11.5 Å². The number of nitrogens with one attached hydrogen (secondary N) is 2. The second kappa shape index (κ2) is 2.90. The standard InChI is InChI=1S/C8H13N5O/c1-4-3-10-5-6(13(4)2)11-8(9)12-7(5)14/h4,10H,3H2,1-2H3,(H3,9,11,12,14). The molecule has 1 aliphatic rings. The summed E-state index contributed by atoms with van der Waals surface area (Å²) in [4.78, 5) is 20.0. The molecule has 1 aromatic rings. The van der Waals surface area contributed by atoms with E-state index in [9.17, 15) is 4.79 Å². The molecule has 76 valence electrons. The molecule has 0 aliphatic carbocycles. The highest BCUT2D eigenvalue weighted by atomic mass is 16.1. The van der Waals surface area contributed by atoms with E-state index in [1.807, 2.05) is 11.9 Å². The summed E-state index contributed by atoms with van der Waals surface area (Å²) in [6.07, 6.45) is 0. The largest absolute Gasteiger partial charge is 0.375 e. The summed E-state index contributed by atoms with van der Waals surface area (Å²) in [7, 11) is 1.90. The van der Waals surface area contributed by atoms with Crippen LogP contribution in [0.3, 0.4) is 0 Å². The molecule has 4 N–H and O–H groups in total. The minimum atomic E-state index is -0.216. The van der Waals surface area contributed by atoms with Gasteiger partial charge in [-0.3, -0.25) is 9.78 Å². The average Bonchev–Trinajstić information content (AvgIpc) is 2.12. The molecule has 1 aromatic heterocycles. The van der Waals surface area contributed by atoms with Crippen molar-refractivity contribution in [3.05, 3.63) is 10.4 Å². The van der Waals surface area contributed by atoms with Crippen LogP contribution < -0.4 is 21.5 Å². The predicted molar refractivity (Wildman–Crippen MR) is 55.6 cm³/mol. The first-order valence-electron chi connectivity index (χ1n) is 4.46. The van der Waals surface area contributed by atoms with Crippen molar-refractivity contribution in [2.24, 2.45) is 0 Å². The number of aromatic nitrogens is 2. The SMILES string of the molecule is CC1CNc2c(nc(N)[nH]c2=O)N1C. The molecule has 6 nitrogen and oxygen atoms in total. The normalized spacial score (nSPS) is 20.1. The molecule has 1 unspecified atom stereocenters. The molecule has 1 aliphatic heterocycles. The Morgan fingerprint density at radius 1 is 1.64 bits per heavy atom. The fraction of sp³-hybridized carbons (Fsp3) is 0.500. The van der Waals surface area contributed by atoms with Crippen molar-refractivity contribution in [3.63, 3.8) is 0 Å². The van der Waals surface area contributed by atoms with Gasteiger partial charge in [0.25, 0.3) is 5.56 Å². The maximum atomic E-state index is 11.5. The van der Waals surface area contributed by atoms with Crippen molar-refractivity contribution < 1.29 is 0 Å². The smallest absolute Gasteiger partial charge is 0.277 e. The first-order chi connectivity index (χ1) is 6.59. The van der Waals surface area contributed by atoms with Crippen molar-refractivity contribution in [1.82, 2.24) is 9.97 Å². The van der Waals surface area contributed by atoms with Crippen molar-refractivity contribution >= 4 is 17.5 Å². The van der Waals surface area contributed by atoms with Crippen LogP contribution in [-0.2, 0) is 0 Å². The highest BCUT2D eigenvalue weighted by molar-refractivity contribution is 5.68. The Bertz CT molecular complexity index is 413. The third-order valence-corrected chi connectivity index (χ3v) is 2.49. The van der Waals surface area contributed by atoms with Gasteiger partial charge in [0.05, 0.1) is 0 Å². The molecule has 14 heavy (non-hydrogen) atoms. The van der Waals surface area contributed by atoms with Crippen molar-refractivity contribution in [2.45, 2.75) is 13.0 Å². The van der Waals surface area contributed by atoms with Crippen LogP contribution in [0.1, 0.15) is 6.92 Å². The minimum Gasteiger partial charge on any atom is -0.375 e. The lowest BCUT2D eigenvalue weighted by molar-refractivity contribution is 0.685. The van der Waals surface area contributed by atoms with Gasteiger partial charge in [-0.05, 0) is 6.92 Å². The Balaban J connectivity index is 2.60. The third kappa shape index (κ3) is 1.19. The summed E-state index contributed by atoms with van der Waals surface area (Å²) in [5.41, 5.74) is 5.75. The summed E-state index contributed by atoms with van der Waals surface area (Å²) in [5.74, 6) is 0.765. The minimum absolute atomic E-state index is 0.150. The summed E-state index contributed by atoms with van der Waals surface area (Å²) >= 11 is 0. The molecule has 0 spiro atoms. The second-order valence-electron chi connectivity index (χ2n) is 3.49. The van der Waals surface area contributed by atoms with Gasteiger partial charge in [-0.1, -0.05) is 0 Å². The molecule has 6 heteroatoms. The van der Waals surface area contributed by atoms with E-state index in [1.165, 1.54) is 0 Å². The van der Waals surface area contributed by atoms with Crippen molar-refractivity contribution in [3.8, 4) is 0 Å². The molecule has 0 amide bonds. The van der Waals surface area contributed by atoms with Gasteiger partial charge in [0, 0.05) is 19.6 Å². The first-order valence-corrected chi connectivity index (χ1v) is 4.46. The zero-order valence-corrected chi connectivity index (χ0v) is 8.16. The maximum Gasteiger partial charge on any atom is 0.277 e. The Hall–Kier alpha value is -1.72. The Kier molecular flexibility index (Phi) is 1.83. The molecule has 1 atom stereocenters. The number of rotatable bonds is 0. The quantitative estimate of drug-likeness (QED) is 0.524. The summed E-state index contributed by atoms with van der Waals surface area (Å²) in [6.45, 7) is 2.78. The summed E-state index contributed by atoms with van der Waals surface area (Å²) < 4.78 is 0. The molecular weight excluding hydrogens is 182 g/mol. The van der Waals surface area contributed by atoms with Gasteiger partial charge < -0.3 is 16.0 Å². The van der Waals surface area contributed by atoms with Gasteiger partial charge in [-0.25, -0.2) is 0 Å². The molecular formula is C8H13N5O. The van der Waals surface area contributed by atoms with E-state index < -0.39 is 0 Å². The Morgan fingerprint density at radius 2 is 2.36 bits per heavy atom. The topological polar surface area (TPSA) is 87.0 Å².